The number of amides is 1. The molecule has 1 heterocycles. The monoisotopic (exact) mass is 582 g/mol. The summed E-state index contributed by atoms with van der Waals surface area (Å²) in [5.41, 5.74) is 17.1. The van der Waals surface area contributed by atoms with Crippen molar-refractivity contribution in [2.75, 3.05) is 12.4 Å². The van der Waals surface area contributed by atoms with Crippen molar-refractivity contribution in [1.29, 1.82) is 0 Å². The van der Waals surface area contributed by atoms with E-state index in [0.29, 0.717) is 17.5 Å². The third-order valence-electron chi connectivity index (χ3n) is 8.16. The molecule has 9 nitrogen and oxygen atoms in total. The summed E-state index contributed by atoms with van der Waals surface area (Å²) in [7, 11) is 1.89. The summed E-state index contributed by atoms with van der Waals surface area (Å²) in [5.74, 6) is 0.848. The summed E-state index contributed by atoms with van der Waals surface area (Å²) in [4.78, 5) is 31.5. The second-order valence-corrected chi connectivity index (χ2v) is 11.4. The Kier molecular flexibility index (Phi) is 10.0. The number of benzene rings is 3. The van der Waals surface area contributed by atoms with E-state index in [1.165, 1.54) is 12.1 Å². The van der Waals surface area contributed by atoms with Crippen LogP contribution in [0.15, 0.2) is 78.9 Å². The summed E-state index contributed by atoms with van der Waals surface area (Å²) in [6, 6.07) is 19.6. The Morgan fingerprint density at radius 3 is 2.44 bits per heavy atom. The molecule has 0 bridgehead atoms. The lowest BCUT2D eigenvalue weighted by atomic mass is 9.85. The molecule has 0 spiro atoms. The number of carbonyl (C=O) groups is 2. The first-order chi connectivity index (χ1) is 20.6. The van der Waals surface area contributed by atoms with Gasteiger partial charge >= 0.3 is 0 Å². The number of aromatic nitrogens is 2. The second kappa shape index (κ2) is 13.7. The molecule has 4 aromatic rings. The van der Waals surface area contributed by atoms with Crippen LogP contribution < -0.4 is 22.1 Å². The van der Waals surface area contributed by atoms with Gasteiger partial charge < -0.3 is 32.2 Å². The standard InChI is InChI=1S/C27H36N6O.C7H6O2/c1-4-6-20(28)16-27(14-13-26(29,5-2)17-27)33-25(34)19-9-12-22-23(15-19)32-24(31-22)18-7-10-21(30-3)11-8-18;8-5-6-1-3-7(9)4-2-6/h4,6-12,15,20,30H,5,13-14,16-17,28-29H2,1-3H3,(H,31,32)(H,33,34);1-5,9H/b6-4+;. The number of hydrogen-bond acceptors (Lipinski definition) is 7. The molecular weight excluding hydrogens is 540 g/mol. The summed E-state index contributed by atoms with van der Waals surface area (Å²) in [6.45, 7) is 4.07. The van der Waals surface area contributed by atoms with E-state index in [0.717, 1.165) is 60.1 Å². The van der Waals surface area contributed by atoms with Gasteiger partial charge in [0.1, 0.15) is 17.9 Å². The Hall–Kier alpha value is -4.47. The van der Waals surface area contributed by atoms with Gasteiger partial charge in [-0.05, 0) is 106 Å². The highest BCUT2D eigenvalue weighted by molar-refractivity contribution is 5.98. The number of rotatable bonds is 9. The van der Waals surface area contributed by atoms with Crippen LogP contribution in [0.5, 0.6) is 5.75 Å². The molecule has 5 rings (SSSR count). The smallest absolute Gasteiger partial charge is 0.251 e. The fourth-order valence-corrected chi connectivity index (χ4v) is 5.69. The molecule has 0 radical (unpaired) electrons. The minimum atomic E-state index is -0.413. The molecule has 9 heteroatoms. The number of carbonyl (C=O) groups excluding carboxylic acids is 2. The SMILES string of the molecule is C/C=C/C(N)CC1(NC(=O)c2ccc3nc(-c4ccc(NC)cc4)[nH]c3c2)CCC(N)(CC)C1.O=Cc1ccc(O)cc1. The third-order valence-corrected chi connectivity index (χ3v) is 8.16. The van der Waals surface area contributed by atoms with E-state index in [1.807, 2.05) is 68.6 Å². The van der Waals surface area contributed by atoms with E-state index in [2.05, 4.69) is 22.5 Å². The third kappa shape index (κ3) is 7.88. The number of aldehydes is 1. The first-order valence-corrected chi connectivity index (χ1v) is 14.6. The zero-order chi connectivity index (χ0) is 31.0. The van der Waals surface area contributed by atoms with Gasteiger partial charge in [0.15, 0.2) is 0 Å². The molecule has 1 aliphatic carbocycles. The number of phenolic OH excluding ortho intramolecular Hbond substituents is 1. The molecule has 0 saturated heterocycles. The van der Waals surface area contributed by atoms with E-state index in [1.54, 1.807) is 12.1 Å². The fourth-order valence-electron chi connectivity index (χ4n) is 5.69. The molecular formula is C34H42N6O3. The number of H-pyrrole nitrogens is 1. The van der Waals surface area contributed by atoms with Gasteiger partial charge in [0, 0.05) is 46.5 Å². The number of hydrogen-bond donors (Lipinski definition) is 6. The first-order valence-electron chi connectivity index (χ1n) is 14.6. The average molecular weight is 583 g/mol. The number of phenols is 1. The number of aromatic hydroxyl groups is 1. The Morgan fingerprint density at radius 1 is 1.12 bits per heavy atom. The van der Waals surface area contributed by atoms with Crippen LogP contribution in [0.1, 0.15) is 66.7 Å². The molecule has 1 fully saturated rings. The molecule has 0 aliphatic heterocycles. The Labute approximate surface area is 252 Å². The summed E-state index contributed by atoms with van der Waals surface area (Å²) < 4.78 is 0. The lowest BCUT2D eigenvalue weighted by Gasteiger charge is -2.34. The van der Waals surface area contributed by atoms with Crippen molar-refractivity contribution >= 4 is 28.9 Å². The van der Waals surface area contributed by atoms with Crippen molar-refractivity contribution in [3.05, 3.63) is 90.0 Å². The largest absolute Gasteiger partial charge is 0.508 e. The van der Waals surface area contributed by atoms with Gasteiger partial charge in [-0.3, -0.25) is 9.59 Å². The van der Waals surface area contributed by atoms with Crippen molar-refractivity contribution in [2.24, 2.45) is 11.5 Å². The van der Waals surface area contributed by atoms with E-state index >= 15 is 0 Å². The highest BCUT2D eigenvalue weighted by atomic mass is 16.3. The predicted molar refractivity (Wildman–Crippen MR) is 173 cm³/mol. The Balaban J connectivity index is 0.000000403. The van der Waals surface area contributed by atoms with Crippen LogP contribution in [0.2, 0.25) is 0 Å². The van der Waals surface area contributed by atoms with E-state index in [9.17, 15) is 9.59 Å². The predicted octanol–water partition coefficient (Wildman–Crippen LogP) is 5.53. The lowest BCUT2D eigenvalue weighted by Crippen LogP contribution is -2.52. The van der Waals surface area contributed by atoms with Gasteiger partial charge in [0.05, 0.1) is 11.0 Å². The fraction of sp³-hybridized carbons (Fsp3) is 0.324. The van der Waals surface area contributed by atoms with Crippen LogP contribution in [0.25, 0.3) is 22.4 Å². The van der Waals surface area contributed by atoms with Crippen LogP contribution in [-0.4, -0.2) is 51.4 Å². The first kappa shape index (κ1) is 31.5. The number of fused-ring (bicyclic) bond motifs is 1. The minimum absolute atomic E-state index is 0.107. The zero-order valence-corrected chi connectivity index (χ0v) is 25.1. The van der Waals surface area contributed by atoms with Crippen LogP contribution in [0.4, 0.5) is 5.69 Å². The van der Waals surface area contributed by atoms with Crippen molar-refractivity contribution < 1.29 is 14.7 Å². The van der Waals surface area contributed by atoms with Crippen molar-refractivity contribution in [1.82, 2.24) is 15.3 Å². The number of aromatic amines is 1. The molecule has 8 N–H and O–H groups in total. The molecule has 43 heavy (non-hydrogen) atoms. The van der Waals surface area contributed by atoms with E-state index in [4.69, 9.17) is 21.6 Å². The van der Waals surface area contributed by atoms with Crippen LogP contribution >= 0.6 is 0 Å². The number of imidazole rings is 1. The van der Waals surface area contributed by atoms with Gasteiger partial charge in [-0.2, -0.15) is 0 Å². The molecule has 1 saturated carbocycles. The summed E-state index contributed by atoms with van der Waals surface area (Å²) in [6.07, 6.45) is 8.65. The zero-order valence-electron chi connectivity index (χ0n) is 25.1. The number of nitrogens with one attached hydrogen (secondary N) is 3. The van der Waals surface area contributed by atoms with Crippen molar-refractivity contribution in [3.63, 3.8) is 0 Å². The number of allylic oxidation sites excluding steroid dienone is 1. The molecule has 1 amide bonds. The van der Waals surface area contributed by atoms with E-state index in [-0.39, 0.29) is 23.2 Å². The summed E-state index contributed by atoms with van der Waals surface area (Å²) >= 11 is 0. The van der Waals surface area contributed by atoms with Crippen LogP contribution in [0.3, 0.4) is 0 Å². The highest BCUT2D eigenvalue weighted by Crippen LogP contribution is 2.41. The Morgan fingerprint density at radius 2 is 1.84 bits per heavy atom. The number of nitrogens with zero attached hydrogens (tertiary/aromatic N) is 1. The van der Waals surface area contributed by atoms with Gasteiger partial charge in [-0.1, -0.05) is 19.1 Å². The molecule has 3 unspecified atom stereocenters. The summed E-state index contributed by atoms with van der Waals surface area (Å²) in [5, 5.41) is 15.2. The van der Waals surface area contributed by atoms with Crippen LogP contribution in [0, 0.1) is 0 Å². The van der Waals surface area contributed by atoms with Gasteiger partial charge in [0.2, 0.25) is 0 Å². The quantitative estimate of drug-likeness (QED) is 0.112. The van der Waals surface area contributed by atoms with Crippen molar-refractivity contribution in [3.8, 4) is 17.1 Å². The topological polar surface area (TPSA) is 159 Å². The van der Waals surface area contributed by atoms with Crippen molar-refractivity contribution in [2.45, 2.75) is 63.1 Å². The van der Waals surface area contributed by atoms with E-state index < -0.39 is 5.54 Å². The second-order valence-electron chi connectivity index (χ2n) is 11.4. The maximum atomic E-state index is 13.4. The molecule has 226 valence electrons. The maximum Gasteiger partial charge on any atom is 0.251 e. The Bertz CT molecular complexity index is 1560. The molecule has 3 aromatic carbocycles. The molecule has 1 aromatic heterocycles. The lowest BCUT2D eigenvalue weighted by molar-refractivity contribution is 0.0888. The van der Waals surface area contributed by atoms with Gasteiger partial charge in [0.25, 0.3) is 5.91 Å². The normalized spacial score (nSPS) is 20.4. The van der Waals surface area contributed by atoms with Crippen LogP contribution in [-0.2, 0) is 0 Å². The van der Waals surface area contributed by atoms with Gasteiger partial charge in [-0.25, -0.2) is 4.98 Å². The van der Waals surface area contributed by atoms with Gasteiger partial charge in [-0.15, -0.1) is 0 Å². The maximum absolute atomic E-state index is 13.4. The number of nitrogens with two attached hydrogens (primary N) is 2. The number of anilines is 1. The molecule has 1 aliphatic rings. The highest BCUT2D eigenvalue weighted by Gasteiger charge is 2.46. The average Bonchev–Trinajstić information content (AvgIpc) is 3.59. The minimum Gasteiger partial charge on any atom is -0.508 e. The molecule has 3 atom stereocenters.